The second-order valence-corrected chi connectivity index (χ2v) is 5.49. The Morgan fingerprint density at radius 3 is 2.35 bits per heavy atom. The third-order valence-corrected chi connectivity index (χ3v) is 3.98. The first-order chi connectivity index (χ1) is 9.75. The molecule has 2 N–H and O–H groups in total. The van der Waals surface area contributed by atoms with Gasteiger partial charge in [0.05, 0.1) is 25.2 Å². The monoisotopic (exact) mass is 287 g/mol. The van der Waals surface area contributed by atoms with Gasteiger partial charge in [0.15, 0.2) is 0 Å². The minimum Gasteiger partial charge on any atom is -0.465 e. The lowest BCUT2D eigenvalue weighted by atomic mass is 9.80. The van der Waals surface area contributed by atoms with Crippen molar-refractivity contribution in [3.05, 3.63) is 0 Å². The second kappa shape index (κ2) is 10.1. The molecule has 0 aromatic rings. The lowest BCUT2D eigenvalue weighted by molar-refractivity contribution is -0.156. The molecule has 20 heavy (non-hydrogen) atoms. The largest absolute Gasteiger partial charge is 0.465 e. The normalized spacial score (nSPS) is 18.5. The van der Waals surface area contributed by atoms with Crippen molar-refractivity contribution < 1.29 is 19.0 Å². The Balaban J connectivity index is 2.22. The fraction of sp³-hybridized carbons (Fsp3) is 0.933. The Morgan fingerprint density at radius 2 is 1.75 bits per heavy atom. The summed E-state index contributed by atoms with van der Waals surface area (Å²) in [5.74, 6) is -0.112. The van der Waals surface area contributed by atoms with Crippen LogP contribution in [0.15, 0.2) is 0 Å². The van der Waals surface area contributed by atoms with Gasteiger partial charge >= 0.3 is 5.97 Å². The number of carbonyl (C=O) groups is 1. The number of hydrogen-bond acceptors (Lipinski definition) is 5. The highest BCUT2D eigenvalue weighted by molar-refractivity contribution is 5.77. The van der Waals surface area contributed by atoms with Gasteiger partial charge in [0, 0.05) is 26.7 Å². The molecule has 1 fully saturated rings. The zero-order valence-electron chi connectivity index (χ0n) is 12.7. The van der Waals surface area contributed by atoms with Crippen molar-refractivity contribution >= 4 is 5.97 Å². The number of ether oxygens (including phenoxy) is 3. The van der Waals surface area contributed by atoms with Gasteiger partial charge in [-0.2, -0.15) is 0 Å². The fourth-order valence-corrected chi connectivity index (χ4v) is 2.62. The topological polar surface area (TPSA) is 70.8 Å². The number of rotatable bonds is 9. The predicted octanol–water partition coefficient (Wildman–Crippen LogP) is 1.88. The molecule has 1 saturated carbocycles. The van der Waals surface area contributed by atoms with Crippen molar-refractivity contribution in [2.24, 2.45) is 11.1 Å². The van der Waals surface area contributed by atoms with Crippen LogP contribution in [0.3, 0.4) is 0 Å². The van der Waals surface area contributed by atoms with E-state index in [4.69, 9.17) is 19.9 Å². The summed E-state index contributed by atoms with van der Waals surface area (Å²) in [7, 11) is 1.64. The molecule has 5 nitrogen and oxygen atoms in total. The highest BCUT2D eigenvalue weighted by atomic mass is 16.5. The first-order valence-electron chi connectivity index (χ1n) is 7.69. The average molecular weight is 287 g/mol. The average Bonchev–Trinajstić information content (AvgIpc) is 2.72. The molecular weight excluding hydrogens is 258 g/mol. The molecule has 0 amide bonds. The van der Waals surface area contributed by atoms with E-state index in [1.807, 2.05) is 0 Å². The summed E-state index contributed by atoms with van der Waals surface area (Å²) in [6.45, 7) is 2.57. The summed E-state index contributed by atoms with van der Waals surface area (Å²) < 4.78 is 15.6. The minimum atomic E-state index is -0.437. The van der Waals surface area contributed by atoms with Gasteiger partial charge in [0.2, 0.25) is 0 Å². The van der Waals surface area contributed by atoms with Crippen LogP contribution in [-0.4, -0.2) is 46.1 Å². The SMILES string of the molecule is COCCOCCCOC(=O)C1(CN)CCCCCC1. The maximum Gasteiger partial charge on any atom is 0.313 e. The van der Waals surface area contributed by atoms with Crippen LogP contribution < -0.4 is 5.73 Å². The van der Waals surface area contributed by atoms with Crippen LogP contribution in [0, 0.1) is 5.41 Å². The van der Waals surface area contributed by atoms with Gasteiger partial charge in [-0.1, -0.05) is 25.7 Å². The predicted molar refractivity (Wildman–Crippen MR) is 77.5 cm³/mol. The van der Waals surface area contributed by atoms with Gasteiger partial charge < -0.3 is 19.9 Å². The van der Waals surface area contributed by atoms with Gasteiger partial charge in [-0.05, 0) is 12.8 Å². The summed E-state index contributed by atoms with van der Waals surface area (Å²) in [5, 5.41) is 0. The number of carbonyl (C=O) groups excluding carboxylic acids is 1. The Labute approximate surface area is 122 Å². The minimum absolute atomic E-state index is 0.112. The van der Waals surface area contributed by atoms with Crippen LogP contribution in [0.25, 0.3) is 0 Å². The highest BCUT2D eigenvalue weighted by Gasteiger charge is 2.38. The summed E-state index contributed by atoms with van der Waals surface area (Å²) in [6.07, 6.45) is 7.00. The number of methoxy groups -OCH3 is 1. The molecule has 0 aromatic heterocycles. The Hall–Kier alpha value is -0.650. The zero-order chi connectivity index (χ0) is 14.7. The van der Waals surface area contributed by atoms with Crippen molar-refractivity contribution in [1.29, 1.82) is 0 Å². The summed E-state index contributed by atoms with van der Waals surface area (Å²) in [4.78, 5) is 12.3. The molecule has 0 aromatic carbocycles. The van der Waals surface area contributed by atoms with Gasteiger partial charge in [0.1, 0.15) is 0 Å². The van der Waals surface area contributed by atoms with Gasteiger partial charge in [-0.3, -0.25) is 4.79 Å². The first-order valence-corrected chi connectivity index (χ1v) is 7.69. The molecule has 0 atom stereocenters. The van der Waals surface area contributed by atoms with Crippen LogP contribution >= 0.6 is 0 Å². The second-order valence-electron chi connectivity index (χ2n) is 5.49. The summed E-state index contributed by atoms with van der Waals surface area (Å²) >= 11 is 0. The zero-order valence-corrected chi connectivity index (χ0v) is 12.7. The fourth-order valence-electron chi connectivity index (χ4n) is 2.62. The van der Waals surface area contributed by atoms with Crippen LogP contribution in [0.1, 0.15) is 44.9 Å². The number of nitrogens with two attached hydrogens (primary N) is 1. The van der Waals surface area contributed by atoms with Crippen molar-refractivity contribution in [3.8, 4) is 0 Å². The Morgan fingerprint density at radius 1 is 1.05 bits per heavy atom. The molecule has 0 radical (unpaired) electrons. The van der Waals surface area contributed by atoms with E-state index in [2.05, 4.69) is 0 Å². The molecule has 118 valence electrons. The number of esters is 1. The van der Waals surface area contributed by atoms with Crippen LogP contribution in [-0.2, 0) is 19.0 Å². The van der Waals surface area contributed by atoms with E-state index in [9.17, 15) is 4.79 Å². The molecule has 5 heteroatoms. The highest BCUT2D eigenvalue weighted by Crippen LogP contribution is 2.35. The molecule has 1 aliphatic rings. The quantitative estimate of drug-likeness (QED) is 0.398. The molecule has 0 unspecified atom stereocenters. The van der Waals surface area contributed by atoms with E-state index in [1.54, 1.807) is 7.11 Å². The first kappa shape index (κ1) is 17.4. The van der Waals surface area contributed by atoms with E-state index in [0.717, 1.165) is 32.1 Å². The molecule has 1 aliphatic carbocycles. The smallest absolute Gasteiger partial charge is 0.313 e. The van der Waals surface area contributed by atoms with Crippen molar-refractivity contribution in [1.82, 2.24) is 0 Å². The summed E-state index contributed by atoms with van der Waals surface area (Å²) in [6, 6.07) is 0. The molecule has 0 aliphatic heterocycles. The van der Waals surface area contributed by atoms with E-state index in [0.29, 0.717) is 33.0 Å². The van der Waals surface area contributed by atoms with E-state index >= 15 is 0 Å². The Bertz CT molecular complexity index is 263. The van der Waals surface area contributed by atoms with Crippen molar-refractivity contribution in [3.63, 3.8) is 0 Å². The maximum atomic E-state index is 12.3. The molecule has 0 spiro atoms. The van der Waals surface area contributed by atoms with Crippen LogP contribution in [0.2, 0.25) is 0 Å². The standard InChI is InChI=1S/C15H29NO4/c1-18-11-12-19-9-6-10-20-14(17)15(13-16)7-4-2-3-5-8-15/h2-13,16H2,1H3. The third-order valence-electron chi connectivity index (χ3n) is 3.98. The molecule has 0 bridgehead atoms. The van der Waals surface area contributed by atoms with Crippen LogP contribution in [0.5, 0.6) is 0 Å². The molecule has 1 rings (SSSR count). The van der Waals surface area contributed by atoms with Gasteiger partial charge in [-0.25, -0.2) is 0 Å². The van der Waals surface area contributed by atoms with Gasteiger partial charge in [0.25, 0.3) is 0 Å². The molecule has 0 heterocycles. The lowest BCUT2D eigenvalue weighted by Gasteiger charge is -2.28. The Kier molecular flexibility index (Phi) is 8.82. The van der Waals surface area contributed by atoms with E-state index < -0.39 is 5.41 Å². The van der Waals surface area contributed by atoms with Gasteiger partial charge in [-0.15, -0.1) is 0 Å². The summed E-state index contributed by atoms with van der Waals surface area (Å²) in [5.41, 5.74) is 5.42. The van der Waals surface area contributed by atoms with Crippen molar-refractivity contribution in [2.75, 3.05) is 40.1 Å². The lowest BCUT2D eigenvalue weighted by Crippen LogP contribution is -2.39. The van der Waals surface area contributed by atoms with Crippen LogP contribution in [0.4, 0.5) is 0 Å². The van der Waals surface area contributed by atoms with E-state index in [-0.39, 0.29) is 5.97 Å². The number of hydrogen-bond donors (Lipinski definition) is 1. The van der Waals surface area contributed by atoms with Crippen molar-refractivity contribution in [2.45, 2.75) is 44.9 Å². The van der Waals surface area contributed by atoms with E-state index in [1.165, 1.54) is 12.8 Å². The molecule has 0 saturated heterocycles. The maximum absolute atomic E-state index is 12.3. The molecular formula is C15H29NO4. The third kappa shape index (κ3) is 5.77.